The Morgan fingerprint density at radius 2 is 0.944 bits per heavy atom. The Balaban J connectivity index is 0.000000577. The first-order valence-corrected chi connectivity index (χ1v) is 14.5. The minimum atomic E-state index is 0. The second-order valence-corrected chi connectivity index (χ2v) is 7.10. The van der Waals surface area contributed by atoms with Crippen molar-refractivity contribution < 1.29 is 23.3 Å². The monoisotopic (exact) mass is 604 g/mol. The number of halogens is 2. The molecule has 36 heavy (non-hydrogen) atoms. The summed E-state index contributed by atoms with van der Waals surface area (Å²) in [6, 6.07) is 37.3. The molecule has 184 valence electrons. The van der Waals surface area contributed by atoms with Crippen LogP contribution in [0.5, 0.6) is 0 Å². The van der Waals surface area contributed by atoms with E-state index in [1.807, 2.05) is 48.8 Å². The third-order valence-electron chi connectivity index (χ3n) is 5.24. The number of pyridine rings is 2. The van der Waals surface area contributed by atoms with Crippen LogP contribution >= 0.6 is 24.8 Å². The molecule has 4 aromatic carbocycles. The zero-order valence-corrected chi connectivity index (χ0v) is 25.3. The molecular formula is C30H28Cl2N2SiZr-4. The average molecular weight is 607 g/mol. The van der Waals surface area contributed by atoms with Crippen molar-refractivity contribution in [3.8, 4) is 22.5 Å². The fraction of sp³-hybridized carbons (Fsp3) is 0. The van der Waals surface area contributed by atoms with Crippen molar-refractivity contribution in [3.05, 3.63) is 136 Å². The molecule has 0 aliphatic rings. The molecule has 2 heterocycles. The first-order chi connectivity index (χ1) is 15.9. The first-order valence-electron chi connectivity index (χ1n) is 10.3. The second kappa shape index (κ2) is 17.2. The van der Waals surface area contributed by atoms with Crippen LogP contribution in [0.15, 0.2) is 122 Å². The van der Waals surface area contributed by atoms with E-state index in [0.717, 1.165) is 11.4 Å². The molecule has 6 aromatic rings. The van der Waals surface area contributed by atoms with E-state index in [0.29, 0.717) is 0 Å². The summed E-state index contributed by atoms with van der Waals surface area (Å²) in [4.78, 5) is 8.76. The zero-order valence-electron chi connectivity index (χ0n) is 20.3. The van der Waals surface area contributed by atoms with Gasteiger partial charge in [0, 0.05) is 12.4 Å². The standard InChI is InChI=1S/2C14H10N.2CH3.2ClH.Si.Zr/c2*1-2-10-15-14(9-1)13-8-4-6-11-5-3-7-12(11)13;;;;;;/h2*1-10H;2*1H3;2*1H;;/q4*-1;;;;. The van der Waals surface area contributed by atoms with Gasteiger partial charge in [0.25, 0.3) is 0 Å². The second-order valence-electron chi connectivity index (χ2n) is 7.10. The number of hydrogen-bond acceptors (Lipinski definition) is 2. The van der Waals surface area contributed by atoms with E-state index in [9.17, 15) is 0 Å². The molecule has 0 saturated heterocycles. The number of rotatable bonds is 2. The third-order valence-corrected chi connectivity index (χ3v) is 5.24. The van der Waals surface area contributed by atoms with Crippen LogP contribution in [0, 0.1) is 14.9 Å². The van der Waals surface area contributed by atoms with Crippen LogP contribution in [0.4, 0.5) is 0 Å². The van der Waals surface area contributed by atoms with Gasteiger partial charge in [-0.15, -0.1) is 82.8 Å². The largest absolute Gasteiger partial charge is 0.257 e. The topological polar surface area (TPSA) is 25.8 Å². The molecule has 0 unspecified atom stereocenters. The van der Waals surface area contributed by atoms with E-state index in [1.54, 1.807) is 0 Å². The zero-order chi connectivity index (χ0) is 22.2. The summed E-state index contributed by atoms with van der Waals surface area (Å²) in [6.45, 7) is 3.06. The summed E-state index contributed by atoms with van der Waals surface area (Å²) in [7, 11) is 0. The number of benzene rings is 2. The van der Waals surface area contributed by atoms with Crippen LogP contribution in [-0.4, -0.2) is 16.8 Å². The molecule has 0 bridgehead atoms. The summed E-state index contributed by atoms with van der Waals surface area (Å²) < 4.78 is 0. The quantitative estimate of drug-likeness (QED) is 0.146. The van der Waals surface area contributed by atoms with Gasteiger partial charge in [-0.25, -0.2) is 0 Å². The maximum absolute atomic E-state index is 4.38. The number of nitrogens with zero attached hydrogens (tertiary/aromatic N) is 2. The van der Waals surface area contributed by atoms with E-state index in [-0.39, 0.29) is 39.7 Å². The van der Waals surface area contributed by atoms with Crippen LogP contribution in [0.2, 0.25) is 0 Å². The van der Waals surface area contributed by atoms with E-state index in [4.69, 9.17) is 0 Å². The van der Waals surface area contributed by atoms with Gasteiger partial charge in [-0.2, -0.15) is 24.3 Å². The Kier molecular flexibility index (Phi) is 16.0. The molecule has 0 aliphatic heterocycles. The maximum Gasteiger partial charge on any atom is 0.0607 e. The molecule has 0 amide bonds. The summed E-state index contributed by atoms with van der Waals surface area (Å²) in [6.07, 6.45) is 3.66. The van der Waals surface area contributed by atoms with Gasteiger partial charge in [-0.05, 0) is 35.4 Å². The normalized spacial score (nSPS) is 8.97. The van der Waals surface area contributed by atoms with Gasteiger partial charge >= 0.3 is 30.2 Å². The Morgan fingerprint density at radius 1 is 0.528 bits per heavy atom. The van der Waals surface area contributed by atoms with Crippen molar-refractivity contribution >= 4 is 53.2 Å². The van der Waals surface area contributed by atoms with Crippen molar-refractivity contribution in [3.63, 3.8) is 0 Å². The SMILES string of the molecule is Cl.Cl.[CH3-].[CH3-].[Si]=[Zr].c1ccc(-c2cccc3[cH-]ccc23)nc1.c1ccc(-c2cccc3[cH-]ccc23)nc1. The van der Waals surface area contributed by atoms with Gasteiger partial charge in [0.1, 0.15) is 0 Å². The number of aromatic nitrogens is 2. The van der Waals surface area contributed by atoms with E-state index in [1.165, 1.54) is 56.0 Å². The molecule has 0 aliphatic carbocycles. The van der Waals surface area contributed by atoms with Crippen LogP contribution in [0.3, 0.4) is 0 Å². The Bertz CT molecular complexity index is 1310. The fourth-order valence-electron chi connectivity index (χ4n) is 3.82. The van der Waals surface area contributed by atoms with Crippen LogP contribution in [0.25, 0.3) is 44.1 Å². The number of hydrogen-bond donors (Lipinski definition) is 0. The Labute approximate surface area is 244 Å². The molecule has 0 atom stereocenters. The fourth-order valence-corrected chi connectivity index (χ4v) is 3.82. The van der Waals surface area contributed by atoms with Gasteiger partial charge in [-0.3, -0.25) is 9.97 Å². The molecule has 0 spiro atoms. The Hall–Kier alpha value is -2.36. The van der Waals surface area contributed by atoms with Gasteiger partial charge < -0.3 is 14.9 Å². The minimum absolute atomic E-state index is 0. The van der Waals surface area contributed by atoms with Crippen LogP contribution in [-0.2, 0) is 23.3 Å². The molecule has 0 fully saturated rings. The van der Waals surface area contributed by atoms with Crippen molar-refractivity contribution in [1.82, 2.24) is 9.97 Å². The maximum atomic E-state index is 4.38. The van der Waals surface area contributed by atoms with Crippen molar-refractivity contribution in [2.45, 2.75) is 0 Å². The third kappa shape index (κ3) is 7.82. The van der Waals surface area contributed by atoms with Crippen molar-refractivity contribution in [2.24, 2.45) is 0 Å². The van der Waals surface area contributed by atoms with E-state index >= 15 is 0 Å². The molecule has 2 nitrogen and oxygen atoms in total. The molecule has 2 radical (unpaired) electrons. The number of fused-ring (bicyclic) bond motifs is 2. The predicted octanol–water partition coefficient (Wildman–Crippen LogP) is 8.60. The average Bonchev–Trinajstić information content (AvgIpc) is 3.56. The van der Waals surface area contributed by atoms with Gasteiger partial charge in [0.15, 0.2) is 0 Å². The van der Waals surface area contributed by atoms with E-state index < -0.39 is 0 Å². The summed E-state index contributed by atoms with van der Waals surface area (Å²) in [5.74, 6) is 0. The molecule has 0 saturated carbocycles. The van der Waals surface area contributed by atoms with Crippen molar-refractivity contribution in [2.75, 3.05) is 0 Å². The van der Waals surface area contributed by atoms with Gasteiger partial charge in [-0.1, -0.05) is 24.3 Å². The summed E-state index contributed by atoms with van der Waals surface area (Å²) in [5.41, 5.74) is 4.49. The van der Waals surface area contributed by atoms with Crippen LogP contribution < -0.4 is 0 Å². The molecule has 6 rings (SSSR count). The molecular weight excluding hydrogens is 579 g/mol. The van der Waals surface area contributed by atoms with Gasteiger partial charge in [0.05, 0.1) is 11.4 Å². The van der Waals surface area contributed by atoms with Crippen molar-refractivity contribution in [1.29, 1.82) is 0 Å². The Morgan fingerprint density at radius 3 is 1.31 bits per heavy atom. The first kappa shape index (κ1) is 33.6. The molecule has 6 heteroatoms. The van der Waals surface area contributed by atoms with Gasteiger partial charge in [0.2, 0.25) is 0 Å². The van der Waals surface area contributed by atoms with E-state index in [2.05, 4.69) is 89.6 Å². The minimum Gasteiger partial charge on any atom is -0.257 e. The molecule has 0 N–H and O–H groups in total. The predicted molar refractivity (Wildman–Crippen MR) is 159 cm³/mol. The van der Waals surface area contributed by atoms with Crippen LogP contribution in [0.1, 0.15) is 0 Å². The summed E-state index contributed by atoms with van der Waals surface area (Å²) in [5, 5.41) is 5.10. The molecule has 2 aromatic heterocycles. The summed E-state index contributed by atoms with van der Waals surface area (Å²) >= 11 is 1.36. The smallest absolute Gasteiger partial charge is 0.0607 e.